The number of nitrogens with one attached hydrogen (secondary N) is 2. The van der Waals surface area contributed by atoms with Crippen LogP contribution in [-0.2, 0) is 14.3 Å². The van der Waals surface area contributed by atoms with E-state index in [1.54, 1.807) is 0 Å². The predicted octanol–water partition coefficient (Wildman–Crippen LogP) is 5.10. The number of nitrogens with zero attached hydrogens (tertiary/aromatic N) is 1. The predicted molar refractivity (Wildman–Crippen MR) is 147 cm³/mol. The number of rotatable bonds is 8. The fourth-order valence-corrected chi connectivity index (χ4v) is 5.99. The molecule has 0 spiro atoms. The van der Waals surface area contributed by atoms with Gasteiger partial charge in [0.25, 0.3) is 0 Å². The third-order valence-corrected chi connectivity index (χ3v) is 7.97. The summed E-state index contributed by atoms with van der Waals surface area (Å²) in [6.45, 7) is 7.95. The summed E-state index contributed by atoms with van der Waals surface area (Å²) in [6, 6.07) is 8.14. The highest BCUT2D eigenvalue weighted by Crippen LogP contribution is 2.39. The van der Waals surface area contributed by atoms with E-state index in [2.05, 4.69) is 22.3 Å². The Labute approximate surface area is 224 Å². The fourth-order valence-electron chi connectivity index (χ4n) is 5.99. The molecule has 2 aliphatic carbocycles. The largest absolute Gasteiger partial charge is 0.473 e. The summed E-state index contributed by atoms with van der Waals surface area (Å²) < 4.78 is 27.0. The summed E-state index contributed by atoms with van der Waals surface area (Å²) in [5.41, 5.74) is 2.79. The Hall–Kier alpha value is -2.97. The third kappa shape index (κ3) is 6.35. The monoisotopic (exact) mass is 525 g/mol. The molecule has 2 saturated carbocycles. The van der Waals surface area contributed by atoms with Crippen molar-refractivity contribution in [2.45, 2.75) is 89.1 Å². The van der Waals surface area contributed by atoms with E-state index in [0.717, 1.165) is 44.9 Å². The zero-order valence-electron chi connectivity index (χ0n) is 22.4. The van der Waals surface area contributed by atoms with Gasteiger partial charge in [0.05, 0.1) is 18.8 Å². The van der Waals surface area contributed by atoms with Crippen molar-refractivity contribution in [1.29, 1.82) is 0 Å². The molecule has 8 heteroatoms. The number of aliphatic hydroxyl groups excluding tert-OH is 1. The number of carbonyl (C=O) groups excluding carboxylic acids is 1. The minimum absolute atomic E-state index is 0.0880. The summed E-state index contributed by atoms with van der Waals surface area (Å²) in [6.07, 6.45) is 9.73. The lowest BCUT2D eigenvalue weighted by Gasteiger charge is -2.28. The standard InChI is InChI=1S/C28H34FN3O4.C2H6/c1-30-27(19-4-2-17(3-5-19)18-6-8-20(9-7-18)31-16-33)23(29)14-21-10-13-26(32-21)36-25-12-11-22-24(34)15-35-28(22)25;1-2/h2-5,13-14,16,18,20,22,24-25,28,32,34H,1,6-12,15H2,(H,31,33);1-2H3/b21-14+,27-23+;/t18?,20?,22-,24?,25?,28+;/m1./s1. The van der Waals surface area contributed by atoms with Gasteiger partial charge in [-0.25, -0.2) is 4.39 Å². The van der Waals surface area contributed by atoms with Crippen LogP contribution in [-0.4, -0.2) is 49.2 Å². The number of allylic oxidation sites excluding steroid dienone is 3. The first kappa shape index (κ1) is 28.0. The van der Waals surface area contributed by atoms with Crippen LogP contribution in [0.15, 0.2) is 58.8 Å². The molecule has 2 heterocycles. The number of hydrogen-bond acceptors (Lipinski definition) is 6. The maximum Gasteiger partial charge on any atom is 0.207 e. The summed E-state index contributed by atoms with van der Waals surface area (Å²) >= 11 is 0. The number of carbonyl (C=O) groups is 1. The average molecular weight is 526 g/mol. The van der Waals surface area contributed by atoms with E-state index in [1.807, 2.05) is 44.2 Å². The van der Waals surface area contributed by atoms with Crippen LogP contribution in [0.1, 0.15) is 75.8 Å². The van der Waals surface area contributed by atoms with Crippen LogP contribution in [0.4, 0.5) is 4.39 Å². The zero-order valence-corrected chi connectivity index (χ0v) is 22.4. The molecule has 7 nitrogen and oxygen atoms in total. The molecule has 5 rings (SSSR count). The van der Waals surface area contributed by atoms with Gasteiger partial charge in [-0.05, 0) is 68.9 Å². The van der Waals surface area contributed by atoms with Crippen LogP contribution in [0.3, 0.4) is 0 Å². The SMILES string of the molecule is C=N/C(=C(F)\C=C1/CC=C(OC2CC[C@@H]3C(O)CO[C@H]23)N1)c1ccc(C2CCC(NC=O)CC2)cc1.CC. The van der Waals surface area contributed by atoms with Crippen molar-refractivity contribution in [2.75, 3.05) is 6.61 Å². The smallest absolute Gasteiger partial charge is 0.207 e. The van der Waals surface area contributed by atoms with E-state index in [1.165, 1.54) is 11.6 Å². The van der Waals surface area contributed by atoms with Crippen LogP contribution < -0.4 is 10.6 Å². The first-order valence-electron chi connectivity index (χ1n) is 13.9. The van der Waals surface area contributed by atoms with Gasteiger partial charge in [0.1, 0.15) is 11.8 Å². The van der Waals surface area contributed by atoms with Crippen LogP contribution in [0.5, 0.6) is 0 Å². The maximum absolute atomic E-state index is 15.2. The van der Waals surface area contributed by atoms with E-state index in [4.69, 9.17) is 9.47 Å². The van der Waals surface area contributed by atoms with Crippen molar-refractivity contribution < 1.29 is 23.8 Å². The molecule has 0 aromatic heterocycles. The highest BCUT2D eigenvalue weighted by molar-refractivity contribution is 5.71. The molecule has 0 bridgehead atoms. The molecule has 38 heavy (non-hydrogen) atoms. The molecule has 4 aliphatic rings. The zero-order chi connectivity index (χ0) is 27.1. The Morgan fingerprint density at radius 3 is 2.61 bits per heavy atom. The first-order valence-corrected chi connectivity index (χ1v) is 13.9. The van der Waals surface area contributed by atoms with E-state index >= 15 is 4.39 Å². The van der Waals surface area contributed by atoms with Crippen LogP contribution in [0.2, 0.25) is 0 Å². The Morgan fingerprint density at radius 1 is 1.18 bits per heavy atom. The number of aliphatic imine (C=N–C) groups is 1. The number of ether oxygens (including phenoxy) is 2. The quantitative estimate of drug-likeness (QED) is 0.325. The normalized spacial score (nSPS) is 31.8. The fraction of sp³-hybridized carbons (Fsp3) is 0.533. The Bertz CT molecular complexity index is 1060. The van der Waals surface area contributed by atoms with E-state index in [-0.39, 0.29) is 29.9 Å². The third-order valence-electron chi connectivity index (χ3n) is 7.97. The molecule has 3 N–H and O–H groups in total. The van der Waals surface area contributed by atoms with Gasteiger partial charge >= 0.3 is 0 Å². The lowest BCUT2D eigenvalue weighted by atomic mass is 9.81. The number of halogens is 1. The van der Waals surface area contributed by atoms with Crippen LogP contribution in [0.25, 0.3) is 5.70 Å². The molecule has 4 atom stereocenters. The van der Waals surface area contributed by atoms with Gasteiger partial charge < -0.3 is 25.2 Å². The van der Waals surface area contributed by atoms with Gasteiger partial charge in [0.2, 0.25) is 6.41 Å². The minimum Gasteiger partial charge on any atom is -0.473 e. The average Bonchev–Trinajstić information content (AvgIpc) is 3.66. The van der Waals surface area contributed by atoms with E-state index in [9.17, 15) is 9.90 Å². The molecule has 206 valence electrons. The van der Waals surface area contributed by atoms with Gasteiger partial charge in [-0.2, -0.15) is 0 Å². The minimum atomic E-state index is -0.460. The molecule has 1 aromatic carbocycles. The van der Waals surface area contributed by atoms with Gasteiger partial charge in [-0.1, -0.05) is 38.1 Å². The summed E-state index contributed by atoms with van der Waals surface area (Å²) in [5, 5.41) is 16.0. The second-order valence-electron chi connectivity index (χ2n) is 10.1. The number of hydrogen-bond donors (Lipinski definition) is 3. The highest BCUT2D eigenvalue weighted by Gasteiger charge is 2.47. The Balaban J connectivity index is 0.00000164. The number of benzene rings is 1. The number of fused-ring (bicyclic) bond motifs is 1. The highest BCUT2D eigenvalue weighted by atomic mass is 19.1. The van der Waals surface area contributed by atoms with Crippen molar-refractivity contribution >= 4 is 18.8 Å². The lowest BCUT2D eigenvalue weighted by Crippen LogP contribution is -2.31. The Kier molecular flexibility index (Phi) is 9.74. The van der Waals surface area contributed by atoms with Crippen molar-refractivity contribution in [3.8, 4) is 0 Å². The van der Waals surface area contributed by atoms with Crippen molar-refractivity contribution in [1.82, 2.24) is 10.6 Å². The topological polar surface area (TPSA) is 92.2 Å². The molecule has 3 fully saturated rings. The molecule has 2 aliphatic heterocycles. The molecule has 1 saturated heterocycles. The van der Waals surface area contributed by atoms with Crippen LogP contribution in [0, 0.1) is 5.92 Å². The van der Waals surface area contributed by atoms with Crippen LogP contribution >= 0.6 is 0 Å². The second kappa shape index (κ2) is 13.2. The molecule has 1 amide bonds. The van der Waals surface area contributed by atoms with E-state index < -0.39 is 11.9 Å². The lowest BCUT2D eigenvalue weighted by molar-refractivity contribution is -0.110. The summed E-state index contributed by atoms with van der Waals surface area (Å²) in [5.74, 6) is 0.716. The maximum atomic E-state index is 15.2. The molecular formula is C30H40FN3O4. The van der Waals surface area contributed by atoms with E-state index in [0.29, 0.717) is 36.1 Å². The Morgan fingerprint density at radius 2 is 1.92 bits per heavy atom. The van der Waals surface area contributed by atoms with Gasteiger partial charge in [-0.3, -0.25) is 9.79 Å². The number of aliphatic hydroxyl groups is 1. The van der Waals surface area contributed by atoms with Crippen molar-refractivity contribution in [2.24, 2.45) is 10.9 Å². The van der Waals surface area contributed by atoms with Gasteiger partial charge in [0.15, 0.2) is 11.7 Å². The van der Waals surface area contributed by atoms with Crippen molar-refractivity contribution in [3.63, 3.8) is 0 Å². The van der Waals surface area contributed by atoms with Gasteiger partial charge in [-0.15, -0.1) is 0 Å². The molecular weight excluding hydrogens is 485 g/mol. The summed E-state index contributed by atoms with van der Waals surface area (Å²) in [7, 11) is 0. The first-order chi connectivity index (χ1) is 18.6. The molecule has 2 unspecified atom stereocenters. The van der Waals surface area contributed by atoms with Gasteiger partial charge in [0, 0.05) is 29.6 Å². The van der Waals surface area contributed by atoms with Crippen molar-refractivity contribution in [3.05, 3.63) is 65.0 Å². The number of amides is 1. The molecule has 0 radical (unpaired) electrons. The summed E-state index contributed by atoms with van der Waals surface area (Å²) in [4.78, 5) is 14.6. The second-order valence-corrected chi connectivity index (χ2v) is 10.1. The molecule has 1 aromatic rings.